The Labute approximate surface area is 116 Å². The molecule has 2 heterocycles. The van der Waals surface area contributed by atoms with Crippen LogP contribution in [-0.4, -0.2) is 52.0 Å². The van der Waals surface area contributed by atoms with Crippen LogP contribution in [0.2, 0.25) is 0 Å². The molecule has 1 amide bonds. The second-order valence-electron chi connectivity index (χ2n) is 5.33. The molecule has 108 valence electrons. The summed E-state index contributed by atoms with van der Waals surface area (Å²) in [7, 11) is 1.78. The molecule has 1 aliphatic carbocycles. The number of carbonyl (C=O) groups excluding carboxylic acids is 2. The molecule has 1 saturated carbocycles. The molecular formula is C13H18N4O3. The van der Waals surface area contributed by atoms with Gasteiger partial charge in [0.15, 0.2) is 5.69 Å². The Kier molecular flexibility index (Phi) is 3.19. The fraction of sp³-hybridized carbons (Fsp3) is 0.692. The maximum atomic E-state index is 12.1. The third-order valence-corrected chi connectivity index (χ3v) is 3.86. The lowest BCUT2D eigenvalue weighted by Gasteiger charge is -2.13. The molecule has 1 saturated heterocycles. The predicted octanol–water partition coefficient (Wildman–Crippen LogP) is 0.735. The van der Waals surface area contributed by atoms with E-state index in [1.54, 1.807) is 23.6 Å². The number of carbonyl (C=O) groups is 2. The monoisotopic (exact) mass is 278 g/mol. The zero-order chi connectivity index (χ0) is 14.3. The highest BCUT2D eigenvalue weighted by atomic mass is 16.5. The smallest absolute Gasteiger partial charge is 0.360 e. The normalized spacial score (nSPS) is 22.4. The lowest BCUT2D eigenvalue weighted by Crippen LogP contribution is -2.26. The predicted molar refractivity (Wildman–Crippen MR) is 69.2 cm³/mol. The molecule has 1 aromatic heterocycles. The van der Waals surface area contributed by atoms with E-state index in [9.17, 15) is 9.59 Å². The summed E-state index contributed by atoms with van der Waals surface area (Å²) in [5, 5.41) is 8.03. The van der Waals surface area contributed by atoms with Crippen molar-refractivity contribution in [3.05, 3.63) is 11.4 Å². The van der Waals surface area contributed by atoms with Gasteiger partial charge in [-0.15, -0.1) is 5.10 Å². The molecule has 0 aromatic carbocycles. The Morgan fingerprint density at radius 1 is 1.40 bits per heavy atom. The van der Waals surface area contributed by atoms with E-state index in [2.05, 4.69) is 10.3 Å². The van der Waals surface area contributed by atoms with Crippen molar-refractivity contribution in [2.24, 2.45) is 0 Å². The number of hydrogen-bond donors (Lipinski definition) is 0. The molecule has 0 N–H and O–H groups in total. The quantitative estimate of drug-likeness (QED) is 0.759. The van der Waals surface area contributed by atoms with Crippen molar-refractivity contribution in [1.82, 2.24) is 19.9 Å². The van der Waals surface area contributed by atoms with Crippen molar-refractivity contribution >= 4 is 11.9 Å². The maximum absolute atomic E-state index is 12.1. The zero-order valence-electron chi connectivity index (χ0n) is 11.7. The van der Waals surface area contributed by atoms with Gasteiger partial charge in [0.2, 0.25) is 5.91 Å². The van der Waals surface area contributed by atoms with E-state index in [0.717, 1.165) is 18.5 Å². The molecule has 1 aromatic rings. The van der Waals surface area contributed by atoms with Crippen LogP contribution in [0.25, 0.3) is 0 Å². The summed E-state index contributed by atoms with van der Waals surface area (Å²) in [6.07, 6.45) is 2.73. The van der Waals surface area contributed by atoms with Crippen molar-refractivity contribution in [2.75, 3.05) is 20.2 Å². The average Bonchev–Trinajstić information content (AvgIpc) is 3.09. The molecule has 2 fully saturated rings. The third kappa shape index (κ3) is 2.07. The van der Waals surface area contributed by atoms with E-state index < -0.39 is 5.97 Å². The number of likely N-dealkylation sites (N-methyl/N-ethyl adjacent to an activating group) is 1. The molecule has 20 heavy (non-hydrogen) atoms. The highest BCUT2D eigenvalue weighted by molar-refractivity contribution is 5.89. The van der Waals surface area contributed by atoms with Crippen LogP contribution in [0.5, 0.6) is 0 Å². The molecule has 1 atom stereocenters. The first kappa shape index (κ1) is 13.1. The van der Waals surface area contributed by atoms with Gasteiger partial charge >= 0.3 is 5.97 Å². The minimum Gasteiger partial charge on any atom is -0.461 e. The van der Waals surface area contributed by atoms with Gasteiger partial charge in [-0.3, -0.25) is 4.79 Å². The number of esters is 1. The Morgan fingerprint density at radius 3 is 2.70 bits per heavy atom. The first-order valence-corrected chi connectivity index (χ1v) is 7.00. The lowest BCUT2D eigenvalue weighted by atomic mass is 10.2. The molecular weight excluding hydrogens is 260 g/mol. The van der Waals surface area contributed by atoms with Crippen LogP contribution in [0, 0.1) is 0 Å². The lowest BCUT2D eigenvalue weighted by molar-refractivity contribution is -0.129. The number of ether oxygens (including phenoxy) is 1. The van der Waals surface area contributed by atoms with Crippen LogP contribution in [0.3, 0.4) is 0 Å². The zero-order valence-corrected chi connectivity index (χ0v) is 11.7. The molecule has 0 spiro atoms. The summed E-state index contributed by atoms with van der Waals surface area (Å²) in [6.45, 7) is 2.78. The summed E-state index contributed by atoms with van der Waals surface area (Å²) in [5.74, 6) is -0.130. The topological polar surface area (TPSA) is 77.3 Å². The van der Waals surface area contributed by atoms with Gasteiger partial charge in [0.25, 0.3) is 0 Å². The van der Waals surface area contributed by atoms with Crippen molar-refractivity contribution < 1.29 is 14.3 Å². The highest BCUT2D eigenvalue weighted by Gasteiger charge is 2.40. The van der Waals surface area contributed by atoms with Crippen molar-refractivity contribution in [1.29, 1.82) is 0 Å². The molecule has 1 unspecified atom stereocenters. The van der Waals surface area contributed by atoms with Gasteiger partial charge in [-0.1, -0.05) is 5.21 Å². The van der Waals surface area contributed by atoms with E-state index in [0.29, 0.717) is 19.6 Å². The summed E-state index contributed by atoms with van der Waals surface area (Å²) in [6, 6.07) is -0.328. The van der Waals surface area contributed by atoms with Gasteiger partial charge in [0, 0.05) is 19.5 Å². The number of rotatable bonds is 4. The molecule has 7 nitrogen and oxygen atoms in total. The van der Waals surface area contributed by atoms with Gasteiger partial charge in [0.05, 0.1) is 12.3 Å². The van der Waals surface area contributed by atoms with E-state index in [1.807, 2.05) is 0 Å². The summed E-state index contributed by atoms with van der Waals surface area (Å²) in [4.78, 5) is 25.8. The summed E-state index contributed by atoms with van der Waals surface area (Å²) in [5.41, 5.74) is 1.05. The number of aromatic nitrogens is 3. The molecule has 3 rings (SSSR count). The Morgan fingerprint density at radius 2 is 2.15 bits per heavy atom. The summed E-state index contributed by atoms with van der Waals surface area (Å²) >= 11 is 0. The van der Waals surface area contributed by atoms with Gasteiger partial charge in [-0.25, -0.2) is 9.48 Å². The van der Waals surface area contributed by atoms with Gasteiger partial charge in [-0.05, 0) is 26.2 Å². The highest BCUT2D eigenvalue weighted by Crippen LogP contribution is 2.42. The van der Waals surface area contributed by atoms with Gasteiger partial charge in [-0.2, -0.15) is 0 Å². The number of likely N-dealkylation sites (tertiary alicyclic amines) is 1. The SMILES string of the molecule is CCOC(=O)c1nnn(C2CCN(C)C2=O)c1C1CC1. The molecule has 1 aliphatic heterocycles. The summed E-state index contributed by atoms with van der Waals surface area (Å²) < 4.78 is 6.67. The van der Waals surface area contributed by atoms with E-state index >= 15 is 0 Å². The fourth-order valence-electron chi connectivity index (χ4n) is 2.64. The van der Waals surface area contributed by atoms with Gasteiger partial charge < -0.3 is 9.64 Å². The van der Waals surface area contributed by atoms with Crippen molar-refractivity contribution in [3.63, 3.8) is 0 Å². The average molecular weight is 278 g/mol. The minimum atomic E-state index is -0.445. The fourth-order valence-corrected chi connectivity index (χ4v) is 2.64. The largest absolute Gasteiger partial charge is 0.461 e. The van der Waals surface area contributed by atoms with E-state index in [-0.39, 0.29) is 23.6 Å². The first-order chi connectivity index (χ1) is 9.63. The Bertz CT molecular complexity index is 550. The van der Waals surface area contributed by atoms with Crippen molar-refractivity contribution in [3.8, 4) is 0 Å². The second kappa shape index (κ2) is 4.88. The van der Waals surface area contributed by atoms with E-state index in [1.165, 1.54) is 0 Å². The van der Waals surface area contributed by atoms with Crippen LogP contribution in [-0.2, 0) is 9.53 Å². The molecule has 0 radical (unpaired) electrons. The molecule has 0 bridgehead atoms. The van der Waals surface area contributed by atoms with Crippen molar-refractivity contribution in [2.45, 2.75) is 38.1 Å². The maximum Gasteiger partial charge on any atom is 0.360 e. The van der Waals surface area contributed by atoms with Crippen LogP contribution >= 0.6 is 0 Å². The van der Waals surface area contributed by atoms with Crippen LogP contribution in [0.15, 0.2) is 0 Å². The van der Waals surface area contributed by atoms with Gasteiger partial charge in [0.1, 0.15) is 6.04 Å². The number of hydrogen-bond acceptors (Lipinski definition) is 5. The molecule has 2 aliphatic rings. The second-order valence-corrected chi connectivity index (χ2v) is 5.33. The standard InChI is InChI=1S/C13H18N4O3/c1-3-20-13(19)10-11(8-4-5-8)17(15-14-10)9-6-7-16(2)12(9)18/h8-9H,3-7H2,1-2H3. The Hall–Kier alpha value is -1.92. The van der Waals surface area contributed by atoms with Crippen LogP contribution in [0.4, 0.5) is 0 Å². The third-order valence-electron chi connectivity index (χ3n) is 3.86. The number of amides is 1. The molecule has 7 heteroatoms. The minimum absolute atomic E-state index is 0.0345. The first-order valence-electron chi connectivity index (χ1n) is 7.00. The Balaban J connectivity index is 1.96. The van der Waals surface area contributed by atoms with Crippen LogP contribution < -0.4 is 0 Å². The van der Waals surface area contributed by atoms with E-state index in [4.69, 9.17) is 4.74 Å². The van der Waals surface area contributed by atoms with Crippen LogP contribution in [0.1, 0.15) is 54.3 Å². The number of nitrogens with zero attached hydrogens (tertiary/aromatic N) is 4.